The number of methoxy groups -OCH3 is 1. The molecule has 0 amide bonds. The number of hydrogen-bond acceptors (Lipinski definition) is 11. The minimum absolute atomic E-state index is 0.0864. The fourth-order valence-electron chi connectivity index (χ4n) is 3.07. The second-order valence-corrected chi connectivity index (χ2v) is 8.15. The Balaban J connectivity index is 1.43. The zero-order valence-corrected chi connectivity index (χ0v) is 19.1. The molecule has 0 fully saturated rings. The topological polar surface area (TPSA) is 121 Å². The lowest BCUT2D eigenvalue weighted by atomic mass is 10.2. The van der Waals surface area contributed by atoms with Crippen LogP contribution in [0.5, 0.6) is 23.3 Å². The van der Waals surface area contributed by atoms with E-state index < -0.39 is 0 Å². The predicted octanol–water partition coefficient (Wildman–Crippen LogP) is 4.81. The fourth-order valence-corrected chi connectivity index (χ4v) is 4.09. The van der Waals surface area contributed by atoms with Gasteiger partial charge in [0.2, 0.25) is 11.8 Å². The Morgan fingerprint density at radius 3 is 2.76 bits per heavy atom. The molecule has 0 aliphatic heterocycles. The number of pyridine rings is 2. The van der Waals surface area contributed by atoms with Crippen LogP contribution in [-0.4, -0.2) is 44.9 Å². The Hall–Kier alpha value is -4.09. The molecule has 0 radical (unpaired) electrons. The van der Waals surface area contributed by atoms with E-state index in [0.717, 1.165) is 10.3 Å². The van der Waals surface area contributed by atoms with Gasteiger partial charge in [0.25, 0.3) is 0 Å². The quantitative estimate of drug-likeness (QED) is 0.301. The van der Waals surface area contributed by atoms with Crippen LogP contribution in [0.15, 0.2) is 48.9 Å². The average molecular weight is 495 g/mol. The Bertz CT molecular complexity index is 1510. The maximum Gasteiger partial charge on any atom is 0.238 e. The van der Waals surface area contributed by atoms with Crippen molar-refractivity contribution in [3.05, 3.63) is 53.9 Å². The van der Waals surface area contributed by atoms with Gasteiger partial charge < -0.3 is 19.5 Å². The average Bonchev–Trinajstić information content (AvgIpc) is 3.26. The summed E-state index contributed by atoms with van der Waals surface area (Å²) in [4.78, 5) is 33.0. The highest BCUT2D eigenvalue weighted by Gasteiger charge is 2.12. The molecule has 0 atom stereocenters. The molecule has 0 saturated carbocycles. The molecule has 0 unspecified atom stereocenters. The lowest BCUT2D eigenvalue weighted by Crippen LogP contribution is -1.99. The summed E-state index contributed by atoms with van der Waals surface area (Å²) < 4.78 is 16.2. The Labute approximate surface area is 201 Å². The third-order valence-electron chi connectivity index (χ3n) is 4.59. The molecule has 4 heterocycles. The highest BCUT2D eigenvalue weighted by atomic mass is 35.5. The first kappa shape index (κ1) is 21.7. The standard InChI is InChI=1S/C22H15ClN6O4S/c1-31-18-5-4-17-21(28-18)34-22(27-17)29-19-14-8-12(2-3-16(14)25-11-26-19)33-20-15(23)9-13(10-24-20)32-7-6-30/h2-6,8-11H,7H2,1H3,(H,25,26,27,29). The summed E-state index contributed by atoms with van der Waals surface area (Å²) in [5.41, 5.74) is 1.46. The second kappa shape index (κ2) is 9.41. The van der Waals surface area contributed by atoms with Crippen LogP contribution in [-0.2, 0) is 4.79 Å². The number of carbonyl (C=O) groups is 1. The monoisotopic (exact) mass is 494 g/mol. The molecule has 5 rings (SSSR count). The summed E-state index contributed by atoms with van der Waals surface area (Å²) >= 11 is 7.64. The van der Waals surface area contributed by atoms with Crippen LogP contribution in [0.25, 0.3) is 21.3 Å². The number of benzene rings is 1. The Kier molecular flexibility index (Phi) is 6.02. The van der Waals surface area contributed by atoms with Crippen LogP contribution in [0, 0.1) is 0 Å². The summed E-state index contributed by atoms with van der Waals surface area (Å²) in [5.74, 6) is 2.12. The number of aldehydes is 1. The van der Waals surface area contributed by atoms with Crippen molar-refractivity contribution in [2.75, 3.05) is 19.0 Å². The van der Waals surface area contributed by atoms with E-state index in [0.29, 0.717) is 45.5 Å². The zero-order valence-electron chi connectivity index (χ0n) is 17.6. The first-order valence-corrected chi connectivity index (χ1v) is 11.1. The number of rotatable bonds is 8. The van der Waals surface area contributed by atoms with Crippen molar-refractivity contribution in [2.45, 2.75) is 0 Å². The lowest BCUT2D eigenvalue weighted by molar-refractivity contribution is -0.109. The molecular formula is C22H15ClN6O4S. The van der Waals surface area contributed by atoms with E-state index in [2.05, 4.69) is 30.2 Å². The van der Waals surface area contributed by atoms with Gasteiger partial charge >= 0.3 is 0 Å². The number of aromatic nitrogens is 5. The van der Waals surface area contributed by atoms with Gasteiger partial charge in [-0.1, -0.05) is 22.9 Å². The van der Waals surface area contributed by atoms with E-state index >= 15 is 0 Å². The summed E-state index contributed by atoms with van der Waals surface area (Å²) in [6.45, 7) is -0.0864. The zero-order chi connectivity index (χ0) is 23.5. The Morgan fingerprint density at radius 1 is 1.06 bits per heavy atom. The minimum atomic E-state index is -0.0864. The summed E-state index contributed by atoms with van der Waals surface area (Å²) in [7, 11) is 1.57. The van der Waals surface area contributed by atoms with E-state index in [1.165, 1.54) is 29.9 Å². The van der Waals surface area contributed by atoms with Crippen molar-refractivity contribution < 1.29 is 19.0 Å². The first-order chi connectivity index (χ1) is 16.6. The predicted molar refractivity (Wildman–Crippen MR) is 128 cm³/mol. The number of nitrogens with zero attached hydrogens (tertiary/aromatic N) is 5. The normalized spacial score (nSPS) is 10.9. The van der Waals surface area contributed by atoms with Crippen LogP contribution in [0.1, 0.15) is 0 Å². The molecule has 34 heavy (non-hydrogen) atoms. The third kappa shape index (κ3) is 4.51. The fraction of sp³-hybridized carbons (Fsp3) is 0.0909. The van der Waals surface area contributed by atoms with Crippen LogP contribution < -0.4 is 19.5 Å². The molecule has 0 spiro atoms. The van der Waals surface area contributed by atoms with Crippen molar-refractivity contribution in [3.63, 3.8) is 0 Å². The van der Waals surface area contributed by atoms with Crippen molar-refractivity contribution in [1.82, 2.24) is 24.9 Å². The lowest BCUT2D eigenvalue weighted by Gasteiger charge is -2.10. The minimum Gasteiger partial charge on any atom is -0.484 e. The number of fused-ring (bicyclic) bond motifs is 2. The number of carbonyl (C=O) groups excluding carboxylic acids is 1. The van der Waals surface area contributed by atoms with Crippen molar-refractivity contribution in [1.29, 1.82) is 0 Å². The number of nitrogens with one attached hydrogen (secondary N) is 1. The molecule has 1 aromatic carbocycles. The van der Waals surface area contributed by atoms with Crippen LogP contribution in [0.2, 0.25) is 5.02 Å². The molecule has 5 aromatic rings. The van der Waals surface area contributed by atoms with E-state index in [1.54, 1.807) is 31.4 Å². The molecule has 170 valence electrons. The van der Waals surface area contributed by atoms with E-state index in [4.69, 9.17) is 25.8 Å². The number of anilines is 2. The molecule has 0 aliphatic carbocycles. The smallest absolute Gasteiger partial charge is 0.238 e. The SMILES string of the molecule is COc1ccc2nc(Nc3ncnc4ccc(Oc5ncc(OCC=O)cc5Cl)cc34)sc2n1. The molecular weight excluding hydrogens is 480 g/mol. The van der Waals surface area contributed by atoms with E-state index in [1.807, 2.05) is 6.07 Å². The van der Waals surface area contributed by atoms with Gasteiger partial charge in [-0.25, -0.2) is 24.9 Å². The highest BCUT2D eigenvalue weighted by molar-refractivity contribution is 7.21. The highest BCUT2D eigenvalue weighted by Crippen LogP contribution is 2.34. The van der Waals surface area contributed by atoms with Crippen LogP contribution in [0.3, 0.4) is 0 Å². The molecule has 0 aliphatic rings. The Morgan fingerprint density at radius 2 is 1.94 bits per heavy atom. The molecule has 10 nitrogen and oxygen atoms in total. The van der Waals surface area contributed by atoms with Crippen molar-refractivity contribution in [2.24, 2.45) is 0 Å². The van der Waals surface area contributed by atoms with Gasteiger partial charge in [0, 0.05) is 17.5 Å². The number of hydrogen-bond donors (Lipinski definition) is 1. The number of thiazole rings is 1. The van der Waals surface area contributed by atoms with Crippen molar-refractivity contribution in [3.8, 4) is 23.3 Å². The van der Waals surface area contributed by atoms with Gasteiger partial charge in [0.15, 0.2) is 11.4 Å². The van der Waals surface area contributed by atoms with Gasteiger partial charge in [-0.2, -0.15) is 0 Å². The first-order valence-electron chi connectivity index (χ1n) is 9.86. The van der Waals surface area contributed by atoms with Gasteiger partial charge in [-0.05, 0) is 24.3 Å². The van der Waals surface area contributed by atoms with Gasteiger partial charge in [-0.3, -0.25) is 4.79 Å². The molecule has 4 aromatic heterocycles. The van der Waals surface area contributed by atoms with Gasteiger partial charge in [0.05, 0.1) is 18.8 Å². The third-order valence-corrected chi connectivity index (χ3v) is 5.74. The summed E-state index contributed by atoms with van der Waals surface area (Å²) in [6.07, 6.45) is 3.54. The molecule has 0 bridgehead atoms. The molecule has 12 heteroatoms. The van der Waals surface area contributed by atoms with Crippen molar-refractivity contribution >= 4 is 61.4 Å². The van der Waals surface area contributed by atoms with Gasteiger partial charge in [-0.15, -0.1) is 0 Å². The van der Waals surface area contributed by atoms with Crippen LogP contribution in [0.4, 0.5) is 10.9 Å². The summed E-state index contributed by atoms with van der Waals surface area (Å²) in [5, 5.41) is 4.81. The number of halogens is 1. The number of ether oxygens (including phenoxy) is 3. The van der Waals surface area contributed by atoms with E-state index in [9.17, 15) is 4.79 Å². The summed E-state index contributed by atoms with van der Waals surface area (Å²) in [6, 6.07) is 10.5. The van der Waals surface area contributed by atoms with E-state index in [-0.39, 0.29) is 17.5 Å². The maximum absolute atomic E-state index is 10.5. The molecule has 1 N–H and O–H groups in total. The van der Waals surface area contributed by atoms with Crippen LogP contribution >= 0.6 is 22.9 Å². The largest absolute Gasteiger partial charge is 0.484 e. The van der Waals surface area contributed by atoms with Gasteiger partial charge in [0.1, 0.15) is 45.6 Å². The second-order valence-electron chi connectivity index (χ2n) is 6.76. The molecule has 0 saturated heterocycles. The maximum atomic E-state index is 10.5.